The van der Waals surface area contributed by atoms with Gasteiger partial charge in [0, 0.05) is 19.8 Å². The van der Waals surface area contributed by atoms with E-state index in [1.807, 2.05) is 0 Å². The first-order valence-electron chi connectivity index (χ1n) is 6.42. The van der Waals surface area contributed by atoms with E-state index in [0.29, 0.717) is 0 Å². The van der Waals surface area contributed by atoms with Gasteiger partial charge in [-0.25, -0.2) is 0 Å². The van der Waals surface area contributed by atoms with Crippen LogP contribution in [0.5, 0.6) is 0 Å². The molecule has 0 bridgehead atoms. The summed E-state index contributed by atoms with van der Waals surface area (Å²) in [4.78, 5) is 0. The summed E-state index contributed by atoms with van der Waals surface area (Å²) in [6, 6.07) is 0.276. The van der Waals surface area contributed by atoms with Crippen LogP contribution in [0.2, 0.25) is 0 Å². The third-order valence-corrected chi connectivity index (χ3v) is 4.10. The van der Waals surface area contributed by atoms with Crippen molar-refractivity contribution in [1.29, 1.82) is 0 Å². The molecule has 4 nitrogen and oxygen atoms in total. The van der Waals surface area contributed by atoms with Gasteiger partial charge in [-0.1, -0.05) is 0 Å². The normalized spacial score (nSPS) is 34.1. The quantitative estimate of drug-likeness (QED) is 0.561. The molecule has 0 amide bonds. The van der Waals surface area contributed by atoms with Crippen LogP contribution in [-0.4, -0.2) is 31.5 Å². The van der Waals surface area contributed by atoms with E-state index in [2.05, 4.69) is 12.3 Å². The van der Waals surface area contributed by atoms with Gasteiger partial charge in [-0.05, 0) is 44.9 Å². The molecule has 2 atom stereocenters. The zero-order valence-electron chi connectivity index (χ0n) is 10.2. The van der Waals surface area contributed by atoms with Crippen molar-refractivity contribution >= 4 is 0 Å². The van der Waals surface area contributed by atoms with Crippen molar-refractivity contribution in [3.63, 3.8) is 0 Å². The number of hydrazine groups is 1. The molecule has 2 heterocycles. The Morgan fingerprint density at radius 1 is 1.38 bits per heavy atom. The van der Waals surface area contributed by atoms with E-state index in [-0.39, 0.29) is 11.6 Å². The third kappa shape index (κ3) is 2.74. The smallest absolute Gasteiger partial charge is 0.0821 e. The molecule has 2 rings (SSSR count). The van der Waals surface area contributed by atoms with Crippen LogP contribution in [0, 0.1) is 5.92 Å². The van der Waals surface area contributed by atoms with Crippen LogP contribution in [-0.2, 0) is 9.47 Å². The molecule has 0 spiro atoms. The Kier molecular flexibility index (Phi) is 4.19. The molecule has 0 aromatic carbocycles. The van der Waals surface area contributed by atoms with Crippen molar-refractivity contribution in [2.75, 3.05) is 19.8 Å². The van der Waals surface area contributed by atoms with Gasteiger partial charge < -0.3 is 9.47 Å². The minimum Gasteiger partial charge on any atom is -0.381 e. The topological polar surface area (TPSA) is 56.5 Å². The summed E-state index contributed by atoms with van der Waals surface area (Å²) in [5.41, 5.74) is 2.90. The molecular weight excluding hydrogens is 204 g/mol. The van der Waals surface area contributed by atoms with Crippen LogP contribution in [0.15, 0.2) is 0 Å². The Balaban J connectivity index is 1.88. The van der Waals surface area contributed by atoms with Gasteiger partial charge in [0.1, 0.15) is 0 Å². The van der Waals surface area contributed by atoms with Crippen molar-refractivity contribution in [3.05, 3.63) is 0 Å². The zero-order valence-corrected chi connectivity index (χ0v) is 10.2. The van der Waals surface area contributed by atoms with Crippen LogP contribution in [0.4, 0.5) is 0 Å². The fourth-order valence-corrected chi connectivity index (χ4v) is 2.88. The molecule has 4 heteroatoms. The standard InChI is InChI=1S/C12H24N2O2/c1-12(5-2-6-16-12)11(14-13)9-10-3-7-15-8-4-10/h10-11,14H,2-9,13H2,1H3. The highest BCUT2D eigenvalue weighted by molar-refractivity contribution is 4.92. The lowest BCUT2D eigenvalue weighted by molar-refractivity contribution is -0.0253. The molecule has 0 aliphatic carbocycles. The summed E-state index contributed by atoms with van der Waals surface area (Å²) in [6.45, 7) is 4.87. The van der Waals surface area contributed by atoms with Gasteiger partial charge in [0.15, 0.2) is 0 Å². The number of rotatable bonds is 4. The molecule has 3 N–H and O–H groups in total. The average molecular weight is 228 g/mol. The van der Waals surface area contributed by atoms with Crippen molar-refractivity contribution in [2.24, 2.45) is 11.8 Å². The Morgan fingerprint density at radius 3 is 2.69 bits per heavy atom. The van der Waals surface area contributed by atoms with E-state index in [4.69, 9.17) is 15.3 Å². The lowest BCUT2D eigenvalue weighted by Gasteiger charge is -2.36. The third-order valence-electron chi connectivity index (χ3n) is 4.10. The molecule has 0 aromatic rings. The van der Waals surface area contributed by atoms with Gasteiger partial charge in [0.05, 0.1) is 11.6 Å². The summed E-state index contributed by atoms with van der Waals surface area (Å²) < 4.78 is 11.2. The largest absolute Gasteiger partial charge is 0.381 e. The summed E-state index contributed by atoms with van der Waals surface area (Å²) in [7, 11) is 0. The van der Waals surface area contributed by atoms with Gasteiger partial charge in [-0.3, -0.25) is 11.3 Å². The molecule has 94 valence electrons. The molecule has 0 aromatic heterocycles. The first-order chi connectivity index (χ1) is 7.74. The minimum atomic E-state index is -0.0624. The predicted molar refractivity (Wildman–Crippen MR) is 62.9 cm³/mol. The van der Waals surface area contributed by atoms with Crippen molar-refractivity contribution in [1.82, 2.24) is 5.43 Å². The molecule has 2 unspecified atom stereocenters. The number of nitrogens with one attached hydrogen (secondary N) is 1. The van der Waals surface area contributed by atoms with Crippen LogP contribution < -0.4 is 11.3 Å². The second-order valence-electron chi connectivity index (χ2n) is 5.28. The maximum Gasteiger partial charge on any atom is 0.0821 e. The summed E-state index contributed by atoms with van der Waals surface area (Å²) in [6.07, 6.45) is 5.70. The van der Waals surface area contributed by atoms with Crippen molar-refractivity contribution < 1.29 is 9.47 Å². The van der Waals surface area contributed by atoms with Gasteiger partial charge in [0.25, 0.3) is 0 Å². The van der Waals surface area contributed by atoms with Crippen LogP contribution in [0.1, 0.15) is 39.0 Å². The fourth-order valence-electron chi connectivity index (χ4n) is 2.88. The minimum absolute atomic E-state index is 0.0624. The van der Waals surface area contributed by atoms with E-state index < -0.39 is 0 Å². The van der Waals surface area contributed by atoms with E-state index >= 15 is 0 Å². The fraction of sp³-hybridized carbons (Fsp3) is 1.00. The van der Waals surface area contributed by atoms with Crippen LogP contribution in [0.25, 0.3) is 0 Å². The highest BCUT2D eigenvalue weighted by atomic mass is 16.5. The molecule has 2 aliphatic rings. The highest BCUT2D eigenvalue weighted by Crippen LogP contribution is 2.33. The second-order valence-corrected chi connectivity index (χ2v) is 5.28. The lowest BCUT2D eigenvalue weighted by Crippen LogP contribution is -2.52. The van der Waals surface area contributed by atoms with Gasteiger partial charge >= 0.3 is 0 Å². The highest BCUT2D eigenvalue weighted by Gasteiger charge is 2.39. The van der Waals surface area contributed by atoms with E-state index in [0.717, 1.165) is 57.8 Å². The Morgan fingerprint density at radius 2 is 2.12 bits per heavy atom. The van der Waals surface area contributed by atoms with Crippen LogP contribution >= 0.6 is 0 Å². The second kappa shape index (κ2) is 5.45. The molecule has 2 fully saturated rings. The van der Waals surface area contributed by atoms with Gasteiger partial charge in [-0.15, -0.1) is 0 Å². The number of hydrogen-bond acceptors (Lipinski definition) is 4. The summed E-state index contributed by atoms with van der Waals surface area (Å²) >= 11 is 0. The first-order valence-corrected chi connectivity index (χ1v) is 6.42. The monoisotopic (exact) mass is 228 g/mol. The molecule has 2 saturated heterocycles. The van der Waals surface area contributed by atoms with E-state index in [1.165, 1.54) is 0 Å². The van der Waals surface area contributed by atoms with E-state index in [9.17, 15) is 0 Å². The van der Waals surface area contributed by atoms with Crippen molar-refractivity contribution in [3.8, 4) is 0 Å². The maximum atomic E-state index is 5.86. The molecule has 2 aliphatic heterocycles. The zero-order chi connectivity index (χ0) is 11.4. The van der Waals surface area contributed by atoms with Gasteiger partial charge in [-0.2, -0.15) is 0 Å². The lowest BCUT2D eigenvalue weighted by atomic mass is 9.84. The first kappa shape index (κ1) is 12.3. The number of hydrogen-bond donors (Lipinski definition) is 2. The molecule has 16 heavy (non-hydrogen) atoms. The van der Waals surface area contributed by atoms with Crippen molar-refractivity contribution in [2.45, 2.75) is 50.7 Å². The average Bonchev–Trinajstić information content (AvgIpc) is 2.75. The number of ether oxygens (including phenoxy) is 2. The maximum absolute atomic E-state index is 5.86. The summed E-state index contributed by atoms with van der Waals surface area (Å²) in [5, 5.41) is 0. The Bertz CT molecular complexity index is 211. The van der Waals surface area contributed by atoms with Gasteiger partial charge in [0.2, 0.25) is 0 Å². The molecule has 0 radical (unpaired) electrons. The SMILES string of the molecule is CC1(C(CC2CCOCC2)NN)CCCO1. The summed E-state index contributed by atoms with van der Waals surface area (Å²) in [5.74, 6) is 6.43. The van der Waals surface area contributed by atoms with Crippen LogP contribution in [0.3, 0.4) is 0 Å². The Labute approximate surface area is 97.8 Å². The van der Waals surface area contributed by atoms with E-state index in [1.54, 1.807) is 0 Å². The molecular formula is C12H24N2O2. The predicted octanol–water partition coefficient (Wildman–Crippen LogP) is 1.20. The Hall–Kier alpha value is -0.160. The number of nitrogens with two attached hydrogens (primary N) is 1. The molecule has 0 saturated carbocycles.